The first kappa shape index (κ1) is 30.8. The Morgan fingerprint density at radius 1 is 1.02 bits per heavy atom. The topological polar surface area (TPSA) is 105 Å². The summed E-state index contributed by atoms with van der Waals surface area (Å²) in [7, 11) is 0. The van der Waals surface area contributed by atoms with Gasteiger partial charge in [-0.15, -0.1) is 13.2 Å². The van der Waals surface area contributed by atoms with E-state index in [0.717, 1.165) is 16.7 Å². The van der Waals surface area contributed by atoms with Crippen LogP contribution < -0.4 is 5.32 Å². The van der Waals surface area contributed by atoms with Crippen LogP contribution >= 0.6 is 0 Å². The van der Waals surface area contributed by atoms with Gasteiger partial charge in [-0.1, -0.05) is 66.7 Å². The third-order valence-corrected chi connectivity index (χ3v) is 6.90. The summed E-state index contributed by atoms with van der Waals surface area (Å²) in [5, 5.41) is 12.9. The number of carbonyl (C=O) groups is 3. The lowest BCUT2D eigenvalue weighted by molar-refractivity contribution is -0.146. The van der Waals surface area contributed by atoms with Crippen molar-refractivity contribution < 1.29 is 29.0 Å². The van der Waals surface area contributed by atoms with Gasteiger partial charge in [0.25, 0.3) is 0 Å². The van der Waals surface area contributed by atoms with E-state index in [4.69, 9.17) is 9.47 Å². The Morgan fingerprint density at radius 3 is 2.45 bits per heavy atom. The zero-order valence-corrected chi connectivity index (χ0v) is 23.0. The number of fused-ring (bicyclic) bond motifs is 1. The van der Waals surface area contributed by atoms with Crippen molar-refractivity contribution in [1.29, 1.82) is 0 Å². The van der Waals surface area contributed by atoms with Gasteiger partial charge in [0.15, 0.2) is 0 Å². The first-order valence-electron chi connectivity index (χ1n) is 13.7. The highest BCUT2D eigenvalue weighted by Gasteiger charge is 2.32. The number of aliphatic hydroxyl groups excluding tert-OH is 1. The van der Waals surface area contributed by atoms with E-state index in [0.29, 0.717) is 32.4 Å². The Morgan fingerprint density at radius 2 is 1.75 bits per heavy atom. The number of nitrogens with one attached hydrogen (secondary N) is 1. The van der Waals surface area contributed by atoms with Crippen LogP contribution in [0.1, 0.15) is 42.4 Å². The number of rotatable bonds is 16. The largest absolute Gasteiger partial charge is 0.463 e. The van der Waals surface area contributed by atoms with Crippen LogP contribution in [-0.4, -0.2) is 59.7 Å². The molecule has 0 aromatic heterocycles. The number of ether oxygens (including phenoxy) is 2. The van der Waals surface area contributed by atoms with Crippen LogP contribution in [0.25, 0.3) is 0 Å². The number of nitrogens with zero attached hydrogens (tertiary/aromatic N) is 1. The maximum atomic E-state index is 13.4. The summed E-state index contributed by atoms with van der Waals surface area (Å²) in [5.74, 6) is -1.61. The molecule has 2 aromatic rings. The monoisotopic (exact) mass is 548 g/mol. The quantitative estimate of drug-likeness (QED) is 0.245. The number of allylic oxidation sites excluding steroid dienone is 2. The molecule has 0 unspecified atom stereocenters. The first-order valence-corrected chi connectivity index (χ1v) is 13.7. The standard InChI is InChI=1S/C32H40N2O6/c1-3-5-16-31(37)40-23-28(22-39-21-24-12-7-6-8-13-24)33-32(38)26(11-4-2)18-30(36)34-19-27-15-10-9-14-25(27)17-29(34)20-35/h3-4,6-10,12-15,26,28-29,35H,1-2,5,11,16-23H2,(H,33,38)/t26-,28-,29-/m0/s1. The van der Waals surface area contributed by atoms with Gasteiger partial charge >= 0.3 is 5.97 Å². The molecule has 0 bridgehead atoms. The molecule has 2 N–H and O–H groups in total. The number of hydrogen-bond acceptors (Lipinski definition) is 6. The second-order valence-corrected chi connectivity index (χ2v) is 9.97. The molecule has 40 heavy (non-hydrogen) atoms. The molecule has 1 heterocycles. The first-order chi connectivity index (χ1) is 19.4. The smallest absolute Gasteiger partial charge is 0.306 e. The molecule has 0 radical (unpaired) electrons. The highest BCUT2D eigenvalue weighted by Crippen LogP contribution is 2.25. The minimum atomic E-state index is -0.672. The number of benzene rings is 2. The maximum absolute atomic E-state index is 13.4. The molecule has 8 heteroatoms. The second kappa shape index (κ2) is 16.4. The third-order valence-electron chi connectivity index (χ3n) is 6.90. The summed E-state index contributed by atoms with van der Waals surface area (Å²) < 4.78 is 11.2. The minimum absolute atomic E-state index is 0.0345. The van der Waals surface area contributed by atoms with E-state index in [1.54, 1.807) is 17.1 Å². The molecule has 2 amide bonds. The van der Waals surface area contributed by atoms with Gasteiger partial charge in [0.2, 0.25) is 11.8 Å². The van der Waals surface area contributed by atoms with E-state index in [2.05, 4.69) is 18.5 Å². The van der Waals surface area contributed by atoms with Gasteiger partial charge < -0.3 is 24.8 Å². The number of hydrogen-bond donors (Lipinski definition) is 2. The zero-order chi connectivity index (χ0) is 28.7. The van der Waals surface area contributed by atoms with Crippen LogP contribution in [-0.2, 0) is 43.4 Å². The van der Waals surface area contributed by atoms with Crippen molar-refractivity contribution in [3.8, 4) is 0 Å². The van der Waals surface area contributed by atoms with Crippen LogP contribution in [0.5, 0.6) is 0 Å². The van der Waals surface area contributed by atoms with Gasteiger partial charge in [0, 0.05) is 19.4 Å². The fourth-order valence-corrected chi connectivity index (χ4v) is 4.68. The number of carbonyl (C=O) groups excluding carboxylic acids is 3. The molecular weight excluding hydrogens is 508 g/mol. The summed E-state index contributed by atoms with van der Waals surface area (Å²) in [6, 6.07) is 16.6. The molecular formula is C32H40N2O6. The lowest BCUT2D eigenvalue weighted by Crippen LogP contribution is -2.49. The molecule has 1 aliphatic heterocycles. The molecule has 0 saturated carbocycles. The third kappa shape index (κ3) is 9.47. The summed E-state index contributed by atoms with van der Waals surface area (Å²) in [6.07, 6.45) is 4.78. The maximum Gasteiger partial charge on any atom is 0.306 e. The van der Waals surface area contributed by atoms with Crippen LogP contribution in [0, 0.1) is 5.92 Å². The van der Waals surface area contributed by atoms with E-state index >= 15 is 0 Å². The highest BCUT2D eigenvalue weighted by molar-refractivity contribution is 5.86. The Kier molecular flexibility index (Phi) is 12.6. The predicted octanol–water partition coefficient (Wildman–Crippen LogP) is 3.73. The van der Waals surface area contributed by atoms with E-state index in [1.165, 1.54) is 0 Å². The van der Waals surface area contributed by atoms with Crippen LogP contribution in [0.3, 0.4) is 0 Å². The molecule has 0 spiro atoms. The van der Waals surface area contributed by atoms with Crippen molar-refractivity contribution in [2.75, 3.05) is 19.8 Å². The Labute approximate surface area is 236 Å². The average molecular weight is 549 g/mol. The summed E-state index contributed by atoms with van der Waals surface area (Å²) in [4.78, 5) is 40.5. The lowest BCUT2D eigenvalue weighted by Gasteiger charge is -2.36. The fourth-order valence-electron chi connectivity index (χ4n) is 4.68. The number of esters is 1. The second-order valence-electron chi connectivity index (χ2n) is 9.97. The molecule has 3 atom stereocenters. The van der Waals surface area contributed by atoms with Crippen LogP contribution in [0.4, 0.5) is 0 Å². The van der Waals surface area contributed by atoms with Gasteiger partial charge in [0.1, 0.15) is 6.61 Å². The molecule has 214 valence electrons. The van der Waals surface area contributed by atoms with Gasteiger partial charge in [-0.25, -0.2) is 0 Å². The van der Waals surface area contributed by atoms with E-state index < -0.39 is 12.0 Å². The molecule has 0 aliphatic carbocycles. The normalized spacial score (nSPS) is 15.8. The van der Waals surface area contributed by atoms with Gasteiger partial charge in [-0.05, 0) is 36.0 Å². The van der Waals surface area contributed by atoms with Crippen molar-refractivity contribution >= 4 is 17.8 Å². The summed E-state index contributed by atoms with van der Waals surface area (Å²) >= 11 is 0. The fraction of sp³-hybridized carbons (Fsp3) is 0.406. The van der Waals surface area contributed by atoms with Crippen molar-refractivity contribution in [2.24, 2.45) is 5.92 Å². The molecule has 0 saturated heterocycles. The lowest BCUT2D eigenvalue weighted by atomic mass is 9.92. The zero-order valence-electron chi connectivity index (χ0n) is 23.0. The average Bonchev–Trinajstić information content (AvgIpc) is 2.98. The Balaban J connectivity index is 1.64. The Hall–Kier alpha value is -3.75. The van der Waals surface area contributed by atoms with Crippen molar-refractivity contribution in [1.82, 2.24) is 10.2 Å². The molecule has 3 rings (SSSR count). The summed E-state index contributed by atoms with van der Waals surface area (Å²) in [6.45, 7) is 8.02. The number of aliphatic hydroxyl groups is 1. The molecule has 1 aliphatic rings. The van der Waals surface area contributed by atoms with E-state index in [9.17, 15) is 19.5 Å². The predicted molar refractivity (Wildman–Crippen MR) is 153 cm³/mol. The van der Waals surface area contributed by atoms with Crippen molar-refractivity contribution in [2.45, 2.75) is 57.3 Å². The van der Waals surface area contributed by atoms with Crippen LogP contribution in [0.15, 0.2) is 79.9 Å². The number of amides is 2. The van der Waals surface area contributed by atoms with Crippen molar-refractivity contribution in [3.63, 3.8) is 0 Å². The highest BCUT2D eigenvalue weighted by atomic mass is 16.5. The van der Waals surface area contributed by atoms with Gasteiger partial charge in [-0.2, -0.15) is 0 Å². The minimum Gasteiger partial charge on any atom is -0.463 e. The van der Waals surface area contributed by atoms with Gasteiger partial charge in [-0.3, -0.25) is 14.4 Å². The van der Waals surface area contributed by atoms with E-state index in [1.807, 2.05) is 54.6 Å². The van der Waals surface area contributed by atoms with E-state index in [-0.39, 0.29) is 56.5 Å². The van der Waals surface area contributed by atoms with Gasteiger partial charge in [0.05, 0.1) is 37.8 Å². The van der Waals surface area contributed by atoms with Crippen LogP contribution in [0.2, 0.25) is 0 Å². The molecule has 8 nitrogen and oxygen atoms in total. The van der Waals surface area contributed by atoms with Crippen molar-refractivity contribution in [3.05, 3.63) is 96.6 Å². The molecule has 0 fully saturated rings. The SMILES string of the molecule is C=CCCC(=O)OC[C@H](COCc1ccccc1)NC(=O)[C@@H](CC=C)CC(=O)N1Cc2ccccc2C[C@H]1CO. The molecule has 2 aromatic carbocycles. The summed E-state index contributed by atoms with van der Waals surface area (Å²) in [5.41, 5.74) is 3.14. The Bertz CT molecular complexity index is 1140.